The fourth-order valence-corrected chi connectivity index (χ4v) is 12.9. The Morgan fingerprint density at radius 1 is 0.500 bits per heavy atom. The zero-order valence-electron chi connectivity index (χ0n) is 60.7. The fourth-order valence-electron chi connectivity index (χ4n) is 12.9. The van der Waals surface area contributed by atoms with Crippen LogP contribution in [0.15, 0.2) is 0 Å². The van der Waals surface area contributed by atoms with Crippen LogP contribution in [0.3, 0.4) is 0 Å². The van der Waals surface area contributed by atoms with Crippen LogP contribution < -0.4 is 5.32 Å². The molecule has 0 aromatic carbocycles. The predicted molar refractivity (Wildman–Crippen MR) is 354 cm³/mol. The number of likely N-dealkylation sites (N-methyl/N-ethyl adjacent to an activating group) is 7. The van der Waals surface area contributed by atoms with E-state index in [1.54, 1.807) is 67.2 Å². The number of morpholine rings is 1. The lowest BCUT2D eigenvalue weighted by Crippen LogP contribution is -2.62. The molecule has 2 N–H and O–H groups in total. The number of aliphatic hydroxyl groups excluding tert-OH is 1. The van der Waals surface area contributed by atoms with Gasteiger partial charge in [0, 0.05) is 106 Å². The minimum Gasteiger partial charge on any atom is -0.390 e. The summed E-state index contributed by atoms with van der Waals surface area (Å²) in [4.78, 5) is 186. The first-order valence-electron chi connectivity index (χ1n) is 33.9. The molecule has 2 heterocycles. The Bertz CT molecular complexity index is 2530. The molecule has 0 radical (unpaired) electrons. The number of nitrogens with one attached hydrogen (secondary N) is 1. The van der Waals surface area contributed by atoms with Gasteiger partial charge in [0.15, 0.2) is 17.3 Å². The summed E-state index contributed by atoms with van der Waals surface area (Å²) in [6.45, 7) is 31.6. The minimum absolute atomic E-state index is 0.0784. The zero-order chi connectivity index (χ0) is 70.8. The van der Waals surface area contributed by atoms with Crippen molar-refractivity contribution >= 4 is 70.5 Å². The second-order valence-electron chi connectivity index (χ2n) is 29.0. The van der Waals surface area contributed by atoms with Gasteiger partial charge < -0.3 is 54.4 Å². The van der Waals surface area contributed by atoms with E-state index in [0.717, 1.165) is 4.90 Å². The molecule has 0 aliphatic carbocycles. The fraction of sp³-hybridized carbons (Fsp3) is 0.826. The van der Waals surface area contributed by atoms with E-state index in [-0.39, 0.29) is 75.0 Å². The first-order chi connectivity index (χ1) is 42.6. The van der Waals surface area contributed by atoms with E-state index >= 15 is 14.4 Å². The average Bonchev–Trinajstić information content (AvgIpc) is 0.811. The molecule has 23 heteroatoms. The summed E-state index contributed by atoms with van der Waals surface area (Å²) < 4.78 is 5.42. The van der Waals surface area contributed by atoms with Gasteiger partial charge in [0.25, 0.3) is 0 Å². The molecule has 0 bridgehead atoms. The lowest BCUT2D eigenvalue weighted by Gasteiger charge is -2.42. The van der Waals surface area contributed by atoms with Crippen molar-refractivity contribution in [2.75, 3.05) is 75.6 Å². The van der Waals surface area contributed by atoms with E-state index in [0.29, 0.717) is 32.7 Å². The van der Waals surface area contributed by atoms with E-state index in [1.165, 1.54) is 92.6 Å². The summed E-state index contributed by atoms with van der Waals surface area (Å²) in [5.74, 6) is -11.9. The molecule has 0 aromatic rings. The Labute approximate surface area is 551 Å². The number of carbonyl (C=O) groups is 12. The van der Waals surface area contributed by atoms with Gasteiger partial charge in [0.2, 0.25) is 53.2 Å². The number of ketones is 3. The minimum atomic E-state index is -1.58. The van der Waals surface area contributed by atoms with Gasteiger partial charge in [-0.05, 0) is 93.8 Å². The van der Waals surface area contributed by atoms with Crippen LogP contribution in [0.1, 0.15) is 182 Å². The summed E-state index contributed by atoms with van der Waals surface area (Å²) in [6.07, 6.45) is -1.11. The molecule has 2 aliphatic heterocycles. The number of hydrogen-bond acceptors (Lipinski definition) is 14. The maximum Gasteiger partial charge on any atom is 0.246 e. The third kappa shape index (κ3) is 22.1. The molecule has 0 aromatic heterocycles. The number of nitrogens with zero attached hydrogens (tertiary/aromatic N) is 8. The van der Waals surface area contributed by atoms with Gasteiger partial charge in [0.1, 0.15) is 36.3 Å². The van der Waals surface area contributed by atoms with Crippen LogP contribution in [-0.2, 0) is 62.3 Å². The summed E-state index contributed by atoms with van der Waals surface area (Å²) in [5.41, 5.74) is 0. The van der Waals surface area contributed by atoms with E-state index in [2.05, 4.69) is 5.32 Å². The topological polar surface area (TPSA) is 272 Å². The highest BCUT2D eigenvalue weighted by Gasteiger charge is 2.46. The lowest BCUT2D eigenvalue weighted by molar-refractivity contribution is -0.157. The maximum atomic E-state index is 15.4. The number of rotatable bonds is 16. The highest BCUT2D eigenvalue weighted by Crippen LogP contribution is 2.30. The first-order valence-corrected chi connectivity index (χ1v) is 33.9. The van der Waals surface area contributed by atoms with E-state index < -0.39 is 167 Å². The molecule has 2 rings (SSSR count). The van der Waals surface area contributed by atoms with Gasteiger partial charge in [-0.1, -0.05) is 104 Å². The predicted octanol–water partition coefficient (Wildman–Crippen LogP) is 5.60. The van der Waals surface area contributed by atoms with E-state index in [4.69, 9.17) is 4.74 Å². The van der Waals surface area contributed by atoms with Crippen molar-refractivity contribution in [1.82, 2.24) is 44.5 Å². The standard InChI is InChI=1S/C69H121N9O14/c1-25-49-37-56(81)60(61(83)45(14)27-26-28-57(82)78-29-31-92-32-30-78)77(24)69(91)59(44(12)13)76(23)67(89)53(35-41(6)7)74(21)68(90)58(43(10)11)75(22)63(85)47(16)70-62(84)46(15)36-54(79)51(33-39(2)3)73(20)66(88)50(42(8)9)38-55(80)52(34-40(4)5)72(19)64(86)48(17)71(18)65(49)87/h39-53,58-61,83H,25-38H2,1-24H3,(H,70,84)/t45-,46+,47+,48-,49+,50-,51-,52+,53-,58?,59-,60+,61-/m1/s1. The van der Waals surface area contributed by atoms with Crippen molar-refractivity contribution in [3.05, 3.63) is 0 Å². The van der Waals surface area contributed by atoms with Crippen LogP contribution in [0.2, 0.25) is 0 Å². The second-order valence-corrected chi connectivity index (χ2v) is 29.0. The van der Waals surface area contributed by atoms with E-state index in [9.17, 15) is 48.3 Å². The van der Waals surface area contributed by atoms with Crippen molar-refractivity contribution in [3.8, 4) is 0 Å². The molecular weight excluding hydrogens is 1180 g/mol. The van der Waals surface area contributed by atoms with Crippen molar-refractivity contribution < 1.29 is 67.4 Å². The van der Waals surface area contributed by atoms with Crippen molar-refractivity contribution in [3.63, 3.8) is 0 Å². The van der Waals surface area contributed by atoms with Crippen LogP contribution in [0.5, 0.6) is 0 Å². The third-order valence-electron chi connectivity index (χ3n) is 19.1. The summed E-state index contributed by atoms with van der Waals surface area (Å²) in [5, 5.41) is 15.2. The first kappa shape index (κ1) is 82.3. The maximum absolute atomic E-state index is 15.4. The molecule has 23 nitrogen and oxygen atoms in total. The number of ether oxygens (including phenoxy) is 1. The van der Waals surface area contributed by atoms with Crippen LogP contribution in [0.4, 0.5) is 0 Å². The Morgan fingerprint density at radius 3 is 1.40 bits per heavy atom. The Kier molecular flexibility index (Phi) is 33.4. The van der Waals surface area contributed by atoms with Gasteiger partial charge in [-0.15, -0.1) is 0 Å². The SMILES string of the molecule is CC[C@H]1CC(=O)[C@@H]([C@H](O)[C@H](C)CCCC(=O)N2CCOCC2)N(C)C(=O)[C@@H](C(C)C)N(C)C(=O)[C@@H](CC(C)C)N(C)C(=O)C(C(C)C)N(C)C(=O)[C@H](C)NC(=O)[C@@H](C)CC(=O)[C@@H](CC(C)C)N(C)C(=O)[C@@H](C(C)C)CC(=O)[C@H](CC(C)C)N(C)C(=O)[C@@H](C)N(C)C1=O. The number of amides is 9. The Balaban J connectivity index is 2.98. The number of carbonyl (C=O) groups excluding carboxylic acids is 12. The molecule has 2 fully saturated rings. The van der Waals surface area contributed by atoms with Gasteiger partial charge in [-0.2, -0.15) is 0 Å². The van der Waals surface area contributed by atoms with Crippen LogP contribution in [-0.4, -0.2) is 245 Å². The molecule has 1 unspecified atom stereocenters. The molecule has 92 heavy (non-hydrogen) atoms. The monoisotopic (exact) mass is 1300 g/mol. The number of hydrogen-bond donors (Lipinski definition) is 2. The second kappa shape index (κ2) is 37.3. The molecule has 2 aliphatic rings. The normalized spacial score (nSPS) is 27.7. The molecule has 9 amide bonds. The number of Topliss-reactive ketones (excluding diaryl/α,β-unsaturated/α-hetero) is 3. The molecule has 2 saturated heterocycles. The summed E-state index contributed by atoms with van der Waals surface area (Å²) in [7, 11) is 10.2. The van der Waals surface area contributed by atoms with Crippen molar-refractivity contribution in [2.45, 2.75) is 236 Å². The van der Waals surface area contributed by atoms with Crippen molar-refractivity contribution in [2.24, 2.45) is 59.2 Å². The Hall–Kier alpha value is -5.84. The molecule has 526 valence electrons. The third-order valence-corrected chi connectivity index (χ3v) is 19.1. The van der Waals surface area contributed by atoms with Gasteiger partial charge in [0.05, 0.1) is 31.4 Å². The molecule has 0 saturated carbocycles. The van der Waals surface area contributed by atoms with Crippen LogP contribution in [0.25, 0.3) is 0 Å². The largest absolute Gasteiger partial charge is 0.390 e. The average molecular weight is 1300 g/mol. The quantitative estimate of drug-likeness (QED) is 0.190. The molecule has 0 spiro atoms. The van der Waals surface area contributed by atoms with E-state index in [1.807, 2.05) is 41.5 Å². The van der Waals surface area contributed by atoms with Crippen LogP contribution in [0, 0.1) is 59.2 Å². The van der Waals surface area contributed by atoms with Crippen LogP contribution >= 0.6 is 0 Å². The Morgan fingerprint density at radius 2 is 0.935 bits per heavy atom. The van der Waals surface area contributed by atoms with Crippen molar-refractivity contribution in [1.29, 1.82) is 0 Å². The summed E-state index contributed by atoms with van der Waals surface area (Å²) in [6, 6.07) is -9.57. The highest BCUT2D eigenvalue weighted by atomic mass is 16.5. The van der Waals surface area contributed by atoms with Gasteiger partial charge >= 0.3 is 0 Å². The number of aliphatic hydroxyl groups is 1. The molecule has 13 atom stereocenters. The smallest absolute Gasteiger partial charge is 0.246 e. The van der Waals surface area contributed by atoms with Gasteiger partial charge in [-0.3, -0.25) is 57.5 Å². The zero-order valence-corrected chi connectivity index (χ0v) is 60.7. The van der Waals surface area contributed by atoms with Gasteiger partial charge in [-0.25, -0.2) is 0 Å². The summed E-state index contributed by atoms with van der Waals surface area (Å²) >= 11 is 0. The highest BCUT2D eigenvalue weighted by molar-refractivity contribution is 6.00. The lowest BCUT2D eigenvalue weighted by atomic mass is 9.84. The molecular formula is C69H121N9O14.